The summed E-state index contributed by atoms with van der Waals surface area (Å²) in [6.45, 7) is 3.21. The maximum absolute atomic E-state index is 13.0. The van der Waals surface area contributed by atoms with Crippen molar-refractivity contribution in [3.63, 3.8) is 0 Å². The molecule has 1 N–H and O–H groups in total. The van der Waals surface area contributed by atoms with Gasteiger partial charge >= 0.3 is 0 Å². The van der Waals surface area contributed by atoms with Gasteiger partial charge in [-0.3, -0.25) is 4.79 Å². The van der Waals surface area contributed by atoms with Crippen molar-refractivity contribution in [3.8, 4) is 5.75 Å². The van der Waals surface area contributed by atoms with Gasteiger partial charge in [-0.05, 0) is 99.8 Å². The summed E-state index contributed by atoms with van der Waals surface area (Å²) in [5, 5.41) is 2.88. The van der Waals surface area contributed by atoms with Gasteiger partial charge in [0, 0.05) is 24.3 Å². The number of amides is 1. The van der Waals surface area contributed by atoms with Crippen molar-refractivity contribution in [3.05, 3.63) is 53.6 Å². The van der Waals surface area contributed by atoms with Gasteiger partial charge in [-0.25, -0.2) is 8.42 Å². The van der Waals surface area contributed by atoms with E-state index in [1.54, 1.807) is 37.4 Å². The lowest BCUT2D eigenvalue weighted by Gasteiger charge is -2.29. The Morgan fingerprint density at radius 3 is 2.28 bits per heavy atom. The first-order chi connectivity index (χ1) is 15.4. The quantitative estimate of drug-likeness (QED) is 0.718. The Morgan fingerprint density at radius 1 is 1.00 bits per heavy atom. The highest BCUT2D eigenvalue weighted by Gasteiger charge is 2.27. The Hall–Kier alpha value is -2.42. The fourth-order valence-corrected chi connectivity index (χ4v) is 5.96. The number of rotatable bonds is 6. The Labute approximate surface area is 190 Å². The highest BCUT2D eigenvalue weighted by atomic mass is 32.2. The van der Waals surface area contributed by atoms with E-state index in [0.717, 1.165) is 44.3 Å². The summed E-state index contributed by atoms with van der Waals surface area (Å²) in [5.74, 6) is 0.829. The van der Waals surface area contributed by atoms with E-state index in [1.807, 2.05) is 12.1 Å². The summed E-state index contributed by atoms with van der Waals surface area (Å²) in [6.07, 6.45) is 3.90. The lowest BCUT2D eigenvalue weighted by Crippen LogP contribution is -2.29. The predicted molar refractivity (Wildman–Crippen MR) is 125 cm³/mol. The zero-order valence-corrected chi connectivity index (χ0v) is 19.5. The number of carbonyl (C=O) groups excluding carboxylic acids is 1. The molecule has 0 spiro atoms. The van der Waals surface area contributed by atoms with Crippen LogP contribution in [0.5, 0.6) is 5.75 Å². The lowest BCUT2D eigenvalue weighted by atomic mass is 9.88. The van der Waals surface area contributed by atoms with Gasteiger partial charge < -0.3 is 15.0 Å². The van der Waals surface area contributed by atoms with Crippen LogP contribution < -0.4 is 10.1 Å². The number of benzene rings is 2. The van der Waals surface area contributed by atoms with E-state index < -0.39 is 10.0 Å². The number of ether oxygens (including phenoxy) is 1. The number of hydrogen-bond donors (Lipinski definition) is 1. The molecule has 0 radical (unpaired) electrons. The van der Waals surface area contributed by atoms with Gasteiger partial charge in [0.05, 0.1) is 12.0 Å². The number of carbonyl (C=O) groups is 1. The van der Waals surface area contributed by atoms with Crippen molar-refractivity contribution < 1.29 is 17.9 Å². The minimum Gasteiger partial charge on any atom is -0.497 e. The zero-order valence-electron chi connectivity index (χ0n) is 18.7. The summed E-state index contributed by atoms with van der Waals surface area (Å²) < 4.78 is 32.3. The highest BCUT2D eigenvalue weighted by Crippen LogP contribution is 2.31. The summed E-state index contributed by atoms with van der Waals surface area (Å²) in [6, 6.07) is 12.1. The summed E-state index contributed by atoms with van der Waals surface area (Å²) in [5.41, 5.74) is 2.21. The van der Waals surface area contributed by atoms with Crippen LogP contribution in [-0.2, 0) is 10.0 Å². The standard InChI is InChI=1S/C24H31N3O4S/c1-26-13-9-18(10-14-26)19-15-20(17-22(16-19)31-2)24(28)25-21-5-7-23(8-6-21)32(29,30)27-11-3-4-12-27/h5-8,15-18H,3-4,9-14H2,1-2H3,(H,25,28). The van der Waals surface area contributed by atoms with Crippen LogP contribution in [0.1, 0.15) is 47.5 Å². The van der Waals surface area contributed by atoms with Gasteiger partial charge in [0.2, 0.25) is 10.0 Å². The van der Waals surface area contributed by atoms with Crippen molar-refractivity contribution in [1.82, 2.24) is 9.21 Å². The Kier molecular flexibility index (Phi) is 6.83. The number of methoxy groups -OCH3 is 1. The van der Waals surface area contributed by atoms with Crippen LogP contribution >= 0.6 is 0 Å². The predicted octanol–water partition coefficient (Wildman–Crippen LogP) is 3.54. The van der Waals surface area contributed by atoms with Crippen LogP contribution in [0.15, 0.2) is 47.4 Å². The third-order valence-electron chi connectivity index (χ3n) is 6.43. The van der Waals surface area contributed by atoms with Crippen LogP contribution in [-0.4, -0.2) is 63.9 Å². The molecule has 2 aromatic rings. The molecule has 0 atom stereocenters. The fraction of sp³-hybridized carbons (Fsp3) is 0.458. The third-order valence-corrected chi connectivity index (χ3v) is 8.34. The van der Waals surface area contributed by atoms with Crippen molar-refractivity contribution in [2.45, 2.75) is 36.5 Å². The number of piperidine rings is 1. The maximum Gasteiger partial charge on any atom is 0.255 e. The molecule has 2 aliphatic rings. The molecular weight excluding hydrogens is 426 g/mol. The van der Waals surface area contributed by atoms with Gasteiger partial charge in [-0.1, -0.05) is 0 Å². The molecule has 7 nitrogen and oxygen atoms in total. The number of likely N-dealkylation sites (tertiary alicyclic amines) is 1. The third kappa shape index (κ3) is 4.98. The van der Waals surface area contributed by atoms with Crippen molar-refractivity contribution in [1.29, 1.82) is 0 Å². The van der Waals surface area contributed by atoms with Crippen LogP contribution in [0.2, 0.25) is 0 Å². The second-order valence-corrected chi connectivity index (χ2v) is 10.6. The molecule has 0 unspecified atom stereocenters. The summed E-state index contributed by atoms with van der Waals surface area (Å²) in [4.78, 5) is 15.5. The van der Waals surface area contributed by atoms with E-state index in [2.05, 4.69) is 17.3 Å². The van der Waals surface area contributed by atoms with Crippen LogP contribution in [0.4, 0.5) is 5.69 Å². The summed E-state index contributed by atoms with van der Waals surface area (Å²) >= 11 is 0. The van der Waals surface area contributed by atoms with Crippen LogP contribution in [0.3, 0.4) is 0 Å². The fourth-order valence-electron chi connectivity index (χ4n) is 4.44. The van der Waals surface area contributed by atoms with E-state index in [-0.39, 0.29) is 10.8 Å². The van der Waals surface area contributed by atoms with Crippen LogP contribution in [0, 0.1) is 0 Å². The molecule has 2 aromatic carbocycles. The molecule has 2 saturated heterocycles. The lowest BCUT2D eigenvalue weighted by molar-refractivity contribution is 0.102. The first kappa shape index (κ1) is 22.8. The SMILES string of the molecule is COc1cc(C(=O)Nc2ccc(S(=O)(=O)N3CCCC3)cc2)cc(C2CCN(C)CC2)c1. The monoisotopic (exact) mass is 457 g/mol. The Morgan fingerprint density at radius 2 is 1.66 bits per heavy atom. The minimum absolute atomic E-state index is 0.242. The van der Waals surface area contributed by atoms with E-state index in [4.69, 9.17) is 4.74 Å². The van der Waals surface area contributed by atoms with Gasteiger partial charge in [0.25, 0.3) is 5.91 Å². The minimum atomic E-state index is -3.47. The molecule has 4 rings (SSSR count). The largest absolute Gasteiger partial charge is 0.497 e. The van der Waals surface area contributed by atoms with E-state index in [1.165, 1.54) is 4.31 Å². The molecule has 1 amide bonds. The average molecular weight is 458 g/mol. The van der Waals surface area contributed by atoms with Gasteiger partial charge in [-0.2, -0.15) is 4.31 Å². The van der Waals surface area contributed by atoms with Crippen molar-refractivity contribution >= 4 is 21.6 Å². The molecule has 2 heterocycles. The topological polar surface area (TPSA) is 78.9 Å². The zero-order chi connectivity index (χ0) is 22.7. The number of nitrogens with zero attached hydrogens (tertiary/aromatic N) is 2. The van der Waals surface area contributed by atoms with Crippen molar-refractivity contribution in [2.75, 3.05) is 45.7 Å². The molecule has 8 heteroatoms. The van der Waals surface area contributed by atoms with Gasteiger partial charge in [-0.15, -0.1) is 0 Å². The second-order valence-electron chi connectivity index (χ2n) is 8.66. The average Bonchev–Trinajstić information content (AvgIpc) is 3.35. The molecule has 32 heavy (non-hydrogen) atoms. The second kappa shape index (κ2) is 9.60. The van der Waals surface area contributed by atoms with E-state index in [9.17, 15) is 13.2 Å². The first-order valence-corrected chi connectivity index (χ1v) is 12.6. The number of anilines is 1. The molecular formula is C24H31N3O4S. The maximum atomic E-state index is 13.0. The molecule has 172 valence electrons. The summed E-state index contributed by atoms with van der Waals surface area (Å²) in [7, 11) is 0.267. The highest BCUT2D eigenvalue weighted by molar-refractivity contribution is 7.89. The first-order valence-electron chi connectivity index (χ1n) is 11.2. The molecule has 2 fully saturated rings. The van der Waals surface area contributed by atoms with E-state index in [0.29, 0.717) is 36.0 Å². The molecule has 0 bridgehead atoms. The molecule has 2 aliphatic heterocycles. The number of nitrogens with one attached hydrogen (secondary N) is 1. The van der Waals surface area contributed by atoms with E-state index >= 15 is 0 Å². The molecule has 0 aromatic heterocycles. The van der Waals surface area contributed by atoms with Gasteiger partial charge in [0.1, 0.15) is 5.75 Å². The normalized spacial score (nSPS) is 18.6. The number of sulfonamides is 1. The Bertz CT molecular complexity index is 1060. The van der Waals surface area contributed by atoms with Crippen LogP contribution in [0.25, 0.3) is 0 Å². The van der Waals surface area contributed by atoms with Crippen molar-refractivity contribution in [2.24, 2.45) is 0 Å². The molecule has 0 saturated carbocycles. The smallest absolute Gasteiger partial charge is 0.255 e. The number of hydrogen-bond acceptors (Lipinski definition) is 5. The Balaban J connectivity index is 1.49. The van der Waals surface area contributed by atoms with Gasteiger partial charge in [0.15, 0.2) is 0 Å². The molecule has 0 aliphatic carbocycles.